The highest BCUT2D eigenvalue weighted by Gasteiger charge is 2.06. The number of rotatable bonds is 3. The molecule has 2 aromatic carbocycles. The van der Waals surface area contributed by atoms with Crippen molar-refractivity contribution in [1.82, 2.24) is 0 Å². The minimum absolute atomic E-state index is 0.00924. The molecule has 0 unspecified atom stereocenters. The Bertz CT molecular complexity index is 559. The van der Waals surface area contributed by atoms with Gasteiger partial charge >= 0.3 is 0 Å². The van der Waals surface area contributed by atoms with Crippen LogP contribution in [0.25, 0.3) is 0 Å². The summed E-state index contributed by atoms with van der Waals surface area (Å²) in [6, 6.07) is 15.8. The van der Waals surface area contributed by atoms with Gasteiger partial charge in [-0.3, -0.25) is 9.59 Å². The average molecular weight is 239 g/mol. The Labute approximate surface area is 105 Å². The number of carbonyl (C=O) groups is 2. The first-order chi connectivity index (χ1) is 8.66. The van der Waals surface area contributed by atoms with Gasteiger partial charge in [0.2, 0.25) is 0 Å². The van der Waals surface area contributed by atoms with Crippen molar-refractivity contribution < 1.29 is 9.59 Å². The Morgan fingerprint density at radius 1 is 0.833 bits per heavy atom. The SMILES string of the molecule is CC(=O)c1ccc(C(=O)Nc2ccccc2)cc1. The normalized spacial score (nSPS) is 9.83. The summed E-state index contributed by atoms with van der Waals surface area (Å²) in [7, 11) is 0. The molecule has 0 atom stereocenters. The molecular formula is C15H13NO2. The molecule has 18 heavy (non-hydrogen) atoms. The van der Waals surface area contributed by atoms with Crippen LogP contribution in [-0.2, 0) is 0 Å². The number of para-hydroxylation sites is 1. The molecule has 90 valence electrons. The second kappa shape index (κ2) is 5.27. The standard InChI is InChI=1S/C15H13NO2/c1-11(17)12-7-9-13(10-8-12)15(18)16-14-5-3-2-4-6-14/h2-10H,1H3,(H,16,18). The summed E-state index contributed by atoms with van der Waals surface area (Å²) in [5.41, 5.74) is 1.88. The number of hydrogen-bond acceptors (Lipinski definition) is 2. The molecule has 0 spiro atoms. The van der Waals surface area contributed by atoms with Gasteiger partial charge in [-0.1, -0.05) is 30.3 Å². The second-order valence-electron chi connectivity index (χ2n) is 3.95. The number of hydrogen-bond donors (Lipinski definition) is 1. The van der Waals surface area contributed by atoms with E-state index in [1.807, 2.05) is 30.3 Å². The predicted molar refractivity (Wildman–Crippen MR) is 70.8 cm³/mol. The van der Waals surface area contributed by atoms with E-state index in [1.165, 1.54) is 6.92 Å². The molecule has 0 radical (unpaired) electrons. The summed E-state index contributed by atoms with van der Waals surface area (Å²) in [6.45, 7) is 1.50. The minimum Gasteiger partial charge on any atom is -0.322 e. The van der Waals surface area contributed by atoms with Gasteiger partial charge in [-0.2, -0.15) is 0 Å². The van der Waals surface area contributed by atoms with E-state index in [0.717, 1.165) is 5.69 Å². The molecule has 0 fully saturated rings. The number of Topliss-reactive ketones (excluding diaryl/α,β-unsaturated/α-hetero) is 1. The van der Waals surface area contributed by atoms with E-state index in [1.54, 1.807) is 24.3 Å². The van der Waals surface area contributed by atoms with Crippen LogP contribution in [0.4, 0.5) is 5.69 Å². The van der Waals surface area contributed by atoms with Crippen LogP contribution in [0.15, 0.2) is 54.6 Å². The highest BCUT2D eigenvalue weighted by atomic mass is 16.1. The van der Waals surface area contributed by atoms with Crippen LogP contribution in [0.5, 0.6) is 0 Å². The topological polar surface area (TPSA) is 46.2 Å². The predicted octanol–water partition coefficient (Wildman–Crippen LogP) is 3.14. The third kappa shape index (κ3) is 2.83. The highest BCUT2D eigenvalue weighted by Crippen LogP contribution is 2.10. The van der Waals surface area contributed by atoms with Crippen LogP contribution in [0.1, 0.15) is 27.6 Å². The van der Waals surface area contributed by atoms with Crippen LogP contribution in [-0.4, -0.2) is 11.7 Å². The van der Waals surface area contributed by atoms with Crippen molar-refractivity contribution in [2.24, 2.45) is 0 Å². The van der Waals surface area contributed by atoms with Crippen molar-refractivity contribution in [2.75, 3.05) is 5.32 Å². The molecule has 0 heterocycles. The van der Waals surface area contributed by atoms with Crippen LogP contribution in [0.3, 0.4) is 0 Å². The molecule has 1 N–H and O–H groups in total. The molecule has 0 bridgehead atoms. The summed E-state index contributed by atoms with van der Waals surface area (Å²) in [6.07, 6.45) is 0. The van der Waals surface area contributed by atoms with E-state index in [-0.39, 0.29) is 11.7 Å². The van der Waals surface area contributed by atoms with Gasteiger partial charge in [0.25, 0.3) is 5.91 Å². The average Bonchev–Trinajstić information content (AvgIpc) is 2.40. The zero-order chi connectivity index (χ0) is 13.0. The number of ketones is 1. The van der Waals surface area contributed by atoms with Crippen LogP contribution in [0.2, 0.25) is 0 Å². The van der Waals surface area contributed by atoms with Gasteiger partial charge in [-0.05, 0) is 31.2 Å². The molecule has 0 aliphatic rings. The minimum atomic E-state index is -0.184. The van der Waals surface area contributed by atoms with Crippen molar-refractivity contribution in [3.05, 3.63) is 65.7 Å². The Morgan fingerprint density at radius 2 is 1.39 bits per heavy atom. The Morgan fingerprint density at radius 3 is 1.94 bits per heavy atom. The number of amides is 1. The maximum atomic E-state index is 11.9. The molecule has 0 aliphatic carbocycles. The lowest BCUT2D eigenvalue weighted by Gasteiger charge is -2.05. The molecule has 0 aromatic heterocycles. The fourth-order valence-electron chi connectivity index (χ4n) is 1.58. The fraction of sp³-hybridized carbons (Fsp3) is 0.0667. The largest absolute Gasteiger partial charge is 0.322 e. The number of carbonyl (C=O) groups excluding carboxylic acids is 2. The van der Waals surface area contributed by atoms with Gasteiger partial charge < -0.3 is 5.32 Å². The van der Waals surface area contributed by atoms with Crippen molar-refractivity contribution in [3.63, 3.8) is 0 Å². The number of anilines is 1. The summed E-state index contributed by atoms with van der Waals surface area (Å²) < 4.78 is 0. The van der Waals surface area contributed by atoms with Gasteiger partial charge in [-0.15, -0.1) is 0 Å². The first-order valence-electron chi connectivity index (χ1n) is 5.64. The van der Waals surface area contributed by atoms with Gasteiger partial charge in [-0.25, -0.2) is 0 Å². The van der Waals surface area contributed by atoms with E-state index >= 15 is 0 Å². The first-order valence-corrected chi connectivity index (χ1v) is 5.64. The Balaban J connectivity index is 2.12. The zero-order valence-electron chi connectivity index (χ0n) is 10.0. The van der Waals surface area contributed by atoms with E-state index < -0.39 is 0 Å². The second-order valence-corrected chi connectivity index (χ2v) is 3.95. The lowest BCUT2D eigenvalue weighted by Crippen LogP contribution is -2.11. The van der Waals surface area contributed by atoms with E-state index in [9.17, 15) is 9.59 Å². The van der Waals surface area contributed by atoms with Crippen LogP contribution >= 0.6 is 0 Å². The summed E-state index contributed by atoms with van der Waals surface area (Å²) in [4.78, 5) is 23.0. The third-order valence-corrected chi connectivity index (χ3v) is 2.59. The van der Waals surface area contributed by atoms with Crippen molar-refractivity contribution in [3.8, 4) is 0 Å². The number of benzene rings is 2. The third-order valence-electron chi connectivity index (χ3n) is 2.59. The van der Waals surface area contributed by atoms with Gasteiger partial charge in [0, 0.05) is 16.8 Å². The first kappa shape index (κ1) is 12.0. The number of nitrogens with one attached hydrogen (secondary N) is 1. The van der Waals surface area contributed by atoms with Crippen LogP contribution < -0.4 is 5.32 Å². The zero-order valence-corrected chi connectivity index (χ0v) is 10.0. The van der Waals surface area contributed by atoms with Crippen molar-refractivity contribution in [2.45, 2.75) is 6.92 Å². The molecule has 0 saturated heterocycles. The van der Waals surface area contributed by atoms with Crippen molar-refractivity contribution in [1.29, 1.82) is 0 Å². The van der Waals surface area contributed by atoms with Gasteiger partial charge in [0.15, 0.2) is 5.78 Å². The molecular weight excluding hydrogens is 226 g/mol. The quantitative estimate of drug-likeness (QED) is 0.836. The van der Waals surface area contributed by atoms with E-state index in [0.29, 0.717) is 11.1 Å². The van der Waals surface area contributed by atoms with E-state index in [4.69, 9.17) is 0 Å². The lowest BCUT2D eigenvalue weighted by molar-refractivity contribution is 0.101. The van der Waals surface area contributed by atoms with E-state index in [2.05, 4.69) is 5.32 Å². The molecule has 2 aromatic rings. The molecule has 3 nitrogen and oxygen atoms in total. The summed E-state index contributed by atoms with van der Waals surface area (Å²) in [5.74, 6) is -0.193. The smallest absolute Gasteiger partial charge is 0.255 e. The molecule has 1 amide bonds. The summed E-state index contributed by atoms with van der Waals surface area (Å²) in [5, 5.41) is 2.78. The monoisotopic (exact) mass is 239 g/mol. The molecule has 0 saturated carbocycles. The van der Waals surface area contributed by atoms with Crippen molar-refractivity contribution >= 4 is 17.4 Å². The summed E-state index contributed by atoms with van der Waals surface area (Å²) >= 11 is 0. The Kier molecular flexibility index (Phi) is 3.53. The highest BCUT2D eigenvalue weighted by molar-refractivity contribution is 6.05. The van der Waals surface area contributed by atoms with Crippen LogP contribution in [0, 0.1) is 0 Å². The molecule has 3 heteroatoms. The molecule has 2 rings (SSSR count). The maximum absolute atomic E-state index is 11.9. The maximum Gasteiger partial charge on any atom is 0.255 e. The van der Waals surface area contributed by atoms with Gasteiger partial charge in [0.05, 0.1) is 0 Å². The lowest BCUT2D eigenvalue weighted by atomic mass is 10.1. The Hall–Kier alpha value is -2.42. The van der Waals surface area contributed by atoms with Gasteiger partial charge in [0.1, 0.15) is 0 Å². The fourth-order valence-corrected chi connectivity index (χ4v) is 1.58. The molecule has 0 aliphatic heterocycles.